The molecule has 0 radical (unpaired) electrons. The lowest BCUT2D eigenvalue weighted by Crippen LogP contribution is -2.38. The van der Waals surface area contributed by atoms with Gasteiger partial charge in [-0.1, -0.05) is 37.4 Å². The van der Waals surface area contributed by atoms with Gasteiger partial charge in [-0.15, -0.1) is 0 Å². The Morgan fingerprint density at radius 3 is 2.68 bits per heavy atom. The van der Waals surface area contributed by atoms with Gasteiger partial charge in [0.1, 0.15) is 11.6 Å². The third-order valence-corrected chi connectivity index (χ3v) is 8.91. The molecular weight excluding hydrogens is 406 g/mol. The molecule has 1 aliphatic carbocycles. The largest absolute Gasteiger partial charge is 0.313 e. The Hall–Kier alpha value is -1.48. The van der Waals surface area contributed by atoms with Crippen molar-refractivity contribution in [1.29, 1.82) is 0 Å². The molecule has 5 nitrogen and oxygen atoms in total. The molecule has 0 spiro atoms. The Kier molecular flexibility index (Phi) is 5.48. The van der Waals surface area contributed by atoms with Crippen LogP contribution in [-0.2, 0) is 14.6 Å². The van der Waals surface area contributed by atoms with Crippen molar-refractivity contribution in [1.82, 2.24) is 0 Å². The lowest BCUT2D eigenvalue weighted by molar-refractivity contribution is -0.118. The van der Waals surface area contributed by atoms with Crippen LogP contribution in [0.15, 0.2) is 23.2 Å². The van der Waals surface area contributed by atoms with Crippen LogP contribution in [0, 0.1) is 17.6 Å². The van der Waals surface area contributed by atoms with E-state index in [2.05, 4.69) is 4.99 Å². The van der Waals surface area contributed by atoms with Crippen LogP contribution in [0.3, 0.4) is 0 Å². The summed E-state index contributed by atoms with van der Waals surface area (Å²) in [5, 5.41) is 0.00247. The number of thioether (sulfide) groups is 1. The number of sulfone groups is 1. The van der Waals surface area contributed by atoms with Crippen molar-refractivity contribution in [3.05, 3.63) is 29.8 Å². The first kappa shape index (κ1) is 19.8. The molecule has 1 aromatic rings. The quantitative estimate of drug-likeness (QED) is 0.734. The van der Waals surface area contributed by atoms with Crippen LogP contribution in [0.25, 0.3) is 0 Å². The van der Waals surface area contributed by atoms with Gasteiger partial charge >= 0.3 is 0 Å². The standard InChI is InChI=1S/C19H22F2N2O3S2/c20-13-6-7-15(14(21)9-13)23-16-10-28(25,26)11-17(16)27-19(23)22-18(24)8-5-12-3-1-2-4-12/h6-7,9,12,16-17H,1-5,8,10-11H2/t16-,17-/m0/s1. The second-order valence-corrected chi connectivity index (χ2v) is 11.1. The van der Waals surface area contributed by atoms with Gasteiger partial charge in [0.15, 0.2) is 15.0 Å². The molecule has 3 fully saturated rings. The van der Waals surface area contributed by atoms with Crippen molar-refractivity contribution in [3.63, 3.8) is 0 Å². The number of aliphatic imine (C=N–C) groups is 1. The minimum atomic E-state index is -3.24. The zero-order valence-electron chi connectivity index (χ0n) is 15.3. The number of hydrogen-bond acceptors (Lipinski definition) is 4. The summed E-state index contributed by atoms with van der Waals surface area (Å²) in [5.74, 6) is -1.37. The van der Waals surface area contributed by atoms with Gasteiger partial charge in [0.25, 0.3) is 0 Å². The number of halogens is 2. The van der Waals surface area contributed by atoms with Crippen LogP contribution in [0.4, 0.5) is 14.5 Å². The topological polar surface area (TPSA) is 66.8 Å². The fraction of sp³-hybridized carbons (Fsp3) is 0.579. The van der Waals surface area contributed by atoms with Gasteiger partial charge in [-0.05, 0) is 24.5 Å². The molecule has 3 aliphatic rings. The Balaban J connectivity index is 1.58. The van der Waals surface area contributed by atoms with Crippen molar-refractivity contribution >= 4 is 38.4 Å². The number of anilines is 1. The summed E-state index contributed by atoms with van der Waals surface area (Å²) < 4.78 is 51.8. The fourth-order valence-electron chi connectivity index (χ4n) is 4.31. The minimum absolute atomic E-state index is 0.0308. The van der Waals surface area contributed by atoms with Gasteiger partial charge in [-0.25, -0.2) is 17.2 Å². The molecule has 2 aliphatic heterocycles. The first-order valence-electron chi connectivity index (χ1n) is 9.55. The number of carbonyl (C=O) groups is 1. The van der Waals surface area contributed by atoms with E-state index in [1.165, 1.54) is 35.6 Å². The number of nitrogens with zero attached hydrogens (tertiary/aromatic N) is 2. The van der Waals surface area contributed by atoms with E-state index in [1.807, 2.05) is 0 Å². The van der Waals surface area contributed by atoms with Gasteiger partial charge in [0, 0.05) is 17.7 Å². The monoisotopic (exact) mass is 428 g/mol. The average molecular weight is 429 g/mol. The van der Waals surface area contributed by atoms with Crippen molar-refractivity contribution in [2.45, 2.75) is 49.8 Å². The highest BCUT2D eigenvalue weighted by molar-refractivity contribution is 8.16. The molecule has 9 heteroatoms. The number of hydrogen-bond donors (Lipinski definition) is 0. The molecule has 2 saturated heterocycles. The highest BCUT2D eigenvalue weighted by atomic mass is 32.2. The molecule has 1 aromatic carbocycles. The summed E-state index contributed by atoms with van der Waals surface area (Å²) in [6, 6.07) is 2.66. The lowest BCUT2D eigenvalue weighted by atomic mass is 10.0. The highest BCUT2D eigenvalue weighted by Crippen LogP contribution is 2.42. The van der Waals surface area contributed by atoms with Gasteiger partial charge in [0.2, 0.25) is 5.91 Å². The number of carbonyl (C=O) groups excluding carboxylic acids is 1. The van der Waals surface area contributed by atoms with Crippen molar-refractivity contribution in [2.24, 2.45) is 10.9 Å². The summed E-state index contributed by atoms with van der Waals surface area (Å²) in [6.45, 7) is 0. The molecule has 0 N–H and O–H groups in total. The van der Waals surface area contributed by atoms with E-state index < -0.39 is 27.5 Å². The van der Waals surface area contributed by atoms with E-state index in [4.69, 9.17) is 0 Å². The maximum atomic E-state index is 14.4. The smallest absolute Gasteiger partial charge is 0.248 e. The zero-order chi connectivity index (χ0) is 19.9. The number of benzene rings is 1. The second kappa shape index (κ2) is 7.74. The molecule has 0 bridgehead atoms. The Morgan fingerprint density at radius 2 is 1.96 bits per heavy atom. The SMILES string of the molecule is O=C(CCC1CCCC1)N=C1S[C@H]2CS(=O)(=O)C[C@@H]2N1c1ccc(F)cc1F. The van der Waals surface area contributed by atoms with Crippen LogP contribution in [0.1, 0.15) is 38.5 Å². The van der Waals surface area contributed by atoms with E-state index in [1.54, 1.807) is 0 Å². The number of fused-ring (bicyclic) bond motifs is 1. The molecule has 1 amide bonds. The first-order chi connectivity index (χ1) is 13.3. The molecule has 0 aromatic heterocycles. The first-order valence-corrected chi connectivity index (χ1v) is 12.3. The molecule has 1 saturated carbocycles. The molecule has 0 unspecified atom stereocenters. The second-order valence-electron chi connectivity index (χ2n) is 7.74. The molecular formula is C19H22F2N2O3S2. The van der Waals surface area contributed by atoms with Crippen LogP contribution < -0.4 is 4.90 Å². The van der Waals surface area contributed by atoms with E-state index in [0.717, 1.165) is 31.4 Å². The summed E-state index contributed by atoms with van der Waals surface area (Å²) in [5.41, 5.74) is 0.0563. The molecule has 4 rings (SSSR count). The number of rotatable bonds is 4. The predicted octanol–water partition coefficient (Wildman–Crippen LogP) is 3.54. The summed E-state index contributed by atoms with van der Waals surface area (Å²) in [6.07, 6.45) is 5.84. The highest BCUT2D eigenvalue weighted by Gasteiger charge is 2.50. The Labute approximate surface area is 167 Å². The number of amidine groups is 1. The van der Waals surface area contributed by atoms with Crippen molar-refractivity contribution in [2.75, 3.05) is 16.4 Å². The summed E-state index contributed by atoms with van der Waals surface area (Å²) >= 11 is 1.20. The molecule has 2 heterocycles. The third-order valence-electron chi connectivity index (χ3n) is 5.70. The van der Waals surface area contributed by atoms with Gasteiger partial charge in [-0.3, -0.25) is 4.79 Å². The lowest BCUT2D eigenvalue weighted by Gasteiger charge is -2.25. The number of amides is 1. The van der Waals surface area contributed by atoms with Crippen LogP contribution in [0.5, 0.6) is 0 Å². The summed E-state index contributed by atoms with van der Waals surface area (Å²) in [4.78, 5) is 18.1. The van der Waals surface area contributed by atoms with Crippen LogP contribution in [-0.4, -0.2) is 42.3 Å². The van der Waals surface area contributed by atoms with Gasteiger partial charge in [-0.2, -0.15) is 4.99 Å². The van der Waals surface area contributed by atoms with Crippen molar-refractivity contribution < 1.29 is 22.0 Å². The Morgan fingerprint density at radius 1 is 1.21 bits per heavy atom. The summed E-state index contributed by atoms with van der Waals surface area (Å²) in [7, 11) is -3.24. The Bertz CT molecular complexity index is 914. The molecule has 2 atom stereocenters. The third kappa shape index (κ3) is 4.10. The van der Waals surface area contributed by atoms with Gasteiger partial charge < -0.3 is 4.90 Å². The van der Waals surface area contributed by atoms with Crippen LogP contribution >= 0.6 is 11.8 Å². The predicted molar refractivity (Wildman–Crippen MR) is 106 cm³/mol. The zero-order valence-corrected chi connectivity index (χ0v) is 16.9. The fourth-order valence-corrected chi connectivity index (χ4v) is 8.24. The van der Waals surface area contributed by atoms with Crippen molar-refractivity contribution in [3.8, 4) is 0 Å². The van der Waals surface area contributed by atoms with E-state index in [9.17, 15) is 22.0 Å². The van der Waals surface area contributed by atoms with Gasteiger partial charge in [0.05, 0.1) is 23.2 Å². The minimum Gasteiger partial charge on any atom is -0.313 e. The van der Waals surface area contributed by atoms with E-state index in [-0.39, 0.29) is 28.4 Å². The molecule has 28 heavy (non-hydrogen) atoms. The maximum absolute atomic E-state index is 14.4. The maximum Gasteiger partial charge on any atom is 0.248 e. The van der Waals surface area contributed by atoms with E-state index in [0.29, 0.717) is 17.5 Å². The molecule has 152 valence electrons. The normalized spacial score (nSPS) is 28.2. The van der Waals surface area contributed by atoms with Crippen LogP contribution in [0.2, 0.25) is 0 Å². The van der Waals surface area contributed by atoms with E-state index >= 15 is 0 Å². The average Bonchev–Trinajstić information content (AvgIpc) is 3.29.